The molecule has 0 radical (unpaired) electrons. The highest BCUT2D eigenvalue weighted by Crippen LogP contribution is 2.27. The average molecular weight is 270 g/mol. The van der Waals surface area contributed by atoms with Crippen molar-refractivity contribution in [2.75, 3.05) is 13.2 Å². The summed E-state index contributed by atoms with van der Waals surface area (Å²) in [5.74, 6) is 0.584. The Morgan fingerprint density at radius 2 is 2.11 bits per heavy atom. The fraction of sp³-hybridized carbons (Fsp3) is 0.933. The average Bonchev–Trinajstić information content (AvgIpc) is 2.36. The van der Waals surface area contributed by atoms with Gasteiger partial charge < -0.3 is 15.4 Å². The van der Waals surface area contributed by atoms with E-state index in [9.17, 15) is 4.79 Å². The number of nitrogens with one attached hydrogen (secondary N) is 2. The van der Waals surface area contributed by atoms with Gasteiger partial charge in [-0.05, 0) is 39.0 Å². The third-order valence-electron chi connectivity index (χ3n) is 3.91. The van der Waals surface area contributed by atoms with E-state index in [1.54, 1.807) is 0 Å². The van der Waals surface area contributed by atoms with Gasteiger partial charge in [0, 0.05) is 19.2 Å². The van der Waals surface area contributed by atoms with Gasteiger partial charge in [-0.2, -0.15) is 0 Å². The highest BCUT2D eigenvalue weighted by molar-refractivity contribution is 5.81. The van der Waals surface area contributed by atoms with Gasteiger partial charge in [0.25, 0.3) is 0 Å². The minimum absolute atomic E-state index is 0.0377. The van der Waals surface area contributed by atoms with Gasteiger partial charge in [0.2, 0.25) is 5.91 Å². The summed E-state index contributed by atoms with van der Waals surface area (Å²) < 4.78 is 5.83. The minimum atomic E-state index is -0.136. The molecule has 0 aromatic rings. The third-order valence-corrected chi connectivity index (χ3v) is 3.91. The lowest BCUT2D eigenvalue weighted by Gasteiger charge is -2.39. The molecule has 112 valence electrons. The van der Waals surface area contributed by atoms with E-state index in [4.69, 9.17) is 4.74 Å². The molecular weight excluding hydrogens is 240 g/mol. The topological polar surface area (TPSA) is 50.4 Å². The second-order valence-electron chi connectivity index (χ2n) is 6.37. The molecular formula is C15H30N2O2. The molecule has 0 aromatic heterocycles. The first kappa shape index (κ1) is 16.4. The van der Waals surface area contributed by atoms with E-state index in [0.29, 0.717) is 12.0 Å². The number of hydrogen-bond acceptors (Lipinski definition) is 3. The number of rotatable bonds is 6. The monoisotopic (exact) mass is 270 g/mol. The molecule has 1 aliphatic rings. The molecule has 2 N–H and O–H groups in total. The van der Waals surface area contributed by atoms with Crippen LogP contribution in [0.1, 0.15) is 53.9 Å². The molecule has 4 nitrogen and oxygen atoms in total. The molecule has 0 spiro atoms. The smallest absolute Gasteiger partial charge is 0.236 e. The molecule has 0 saturated carbocycles. The Kier molecular flexibility index (Phi) is 6.27. The summed E-state index contributed by atoms with van der Waals surface area (Å²) in [7, 11) is 0. The van der Waals surface area contributed by atoms with Crippen molar-refractivity contribution in [1.82, 2.24) is 10.6 Å². The quantitative estimate of drug-likeness (QED) is 0.777. The van der Waals surface area contributed by atoms with Crippen LogP contribution in [0.15, 0.2) is 0 Å². The molecule has 4 heteroatoms. The Labute approximate surface area is 117 Å². The summed E-state index contributed by atoms with van der Waals surface area (Å²) in [6, 6.07) is 0.237. The van der Waals surface area contributed by atoms with Crippen LogP contribution in [0.25, 0.3) is 0 Å². The number of ether oxygens (including phenoxy) is 1. The lowest BCUT2D eigenvalue weighted by Crippen LogP contribution is -2.52. The summed E-state index contributed by atoms with van der Waals surface area (Å²) in [4.78, 5) is 11.9. The second kappa shape index (κ2) is 7.25. The Morgan fingerprint density at radius 1 is 1.42 bits per heavy atom. The molecule has 1 saturated heterocycles. The number of carbonyl (C=O) groups is 1. The highest BCUT2D eigenvalue weighted by Gasteiger charge is 2.32. The summed E-state index contributed by atoms with van der Waals surface area (Å²) in [5, 5.41) is 6.41. The Hall–Kier alpha value is -0.610. The predicted octanol–water partition coefficient (Wildman–Crippen LogP) is 2.08. The van der Waals surface area contributed by atoms with Gasteiger partial charge in [-0.15, -0.1) is 0 Å². The van der Waals surface area contributed by atoms with Gasteiger partial charge in [0.15, 0.2) is 0 Å². The van der Waals surface area contributed by atoms with Gasteiger partial charge >= 0.3 is 0 Å². The number of carbonyl (C=O) groups excluding carboxylic acids is 1. The van der Waals surface area contributed by atoms with Gasteiger partial charge in [-0.25, -0.2) is 0 Å². The van der Waals surface area contributed by atoms with Crippen LogP contribution in [0.5, 0.6) is 0 Å². The van der Waals surface area contributed by atoms with Crippen LogP contribution >= 0.6 is 0 Å². The fourth-order valence-electron chi connectivity index (χ4n) is 2.41. The number of hydrogen-bond donors (Lipinski definition) is 2. The third kappa shape index (κ3) is 5.49. The van der Waals surface area contributed by atoms with Crippen LogP contribution in [0.2, 0.25) is 0 Å². The lowest BCUT2D eigenvalue weighted by molar-refractivity contribution is -0.124. The van der Waals surface area contributed by atoms with Crippen LogP contribution in [0.3, 0.4) is 0 Å². The van der Waals surface area contributed by atoms with E-state index in [-0.39, 0.29) is 17.6 Å². The van der Waals surface area contributed by atoms with Gasteiger partial charge in [0.05, 0.1) is 11.6 Å². The largest absolute Gasteiger partial charge is 0.375 e. The molecule has 0 aliphatic carbocycles. The standard InChI is InChI=1S/C15H30N2O2/c1-6-15(5)9-13(7-8-19-15)17-12(4)14(18)16-10-11(2)3/h11-13,17H,6-10H2,1-5H3,(H,16,18). The molecule has 3 unspecified atom stereocenters. The molecule has 1 aliphatic heterocycles. The minimum Gasteiger partial charge on any atom is -0.375 e. The van der Waals surface area contributed by atoms with E-state index < -0.39 is 0 Å². The van der Waals surface area contributed by atoms with Crippen molar-refractivity contribution in [1.29, 1.82) is 0 Å². The van der Waals surface area contributed by atoms with Crippen LogP contribution in [0, 0.1) is 5.92 Å². The molecule has 19 heavy (non-hydrogen) atoms. The Morgan fingerprint density at radius 3 is 2.68 bits per heavy atom. The van der Waals surface area contributed by atoms with Crippen molar-refractivity contribution in [2.24, 2.45) is 5.92 Å². The highest BCUT2D eigenvalue weighted by atomic mass is 16.5. The van der Waals surface area contributed by atoms with Crippen molar-refractivity contribution < 1.29 is 9.53 Å². The van der Waals surface area contributed by atoms with E-state index in [2.05, 4.69) is 38.3 Å². The fourth-order valence-corrected chi connectivity index (χ4v) is 2.41. The summed E-state index contributed by atoms with van der Waals surface area (Å²) >= 11 is 0. The zero-order valence-electron chi connectivity index (χ0n) is 13.1. The van der Waals surface area contributed by atoms with Gasteiger partial charge in [-0.1, -0.05) is 20.8 Å². The normalized spacial score (nSPS) is 29.3. The molecule has 1 rings (SSSR count). The van der Waals surface area contributed by atoms with E-state index in [1.165, 1.54) is 0 Å². The summed E-state index contributed by atoms with van der Waals surface area (Å²) in [5.41, 5.74) is -0.0377. The SMILES string of the molecule is CCC1(C)CC(NC(C)C(=O)NCC(C)C)CCO1. The van der Waals surface area contributed by atoms with Crippen LogP contribution in [-0.4, -0.2) is 36.7 Å². The maximum absolute atomic E-state index is 11.9. The summed E-state index contributed by atoms with van der Waals surface area (Å²) in [6.07, 6.45) is 2.97. The van der Waals surface area contributed by atoms with Crippen LogP contribution < -0.4 is 10.6 Å². The van der Waals surface area contributed by atoms with E-state index in [0.717, 1.165) is 32.4 Å². The molecule has 3 atom stereocenters. The maximum atomic E-state index is 11.9. The number of amides is 1. The Balaban J connectivity index is 2.39. The molecule has 1 fully saturated rings. The zero-order chi connectivity index (χ0) is 14.5. The maximum Gasteiger partial charge on any atom is 0.236 e. The molecule has 0 aromatic carbocycles. The first-order chi connectivity index (χ1) is 8.86. The molecule has 1 heterocycles. The summed E-state index contributed by atoms with van der Waals surface area (Å²) in [6.45, 7) is 12.0. The van der Waals surface area contributed by atoms with E-state index in [1.807, 2.05) is 6.92 Å². The predicted molar refractivity (Wildman–Crippen MR) is 78.1 cm³/mol. The van der Waals surface area contributed by atoms with E-state index >= 15 is 0 Å². The molecule has 1 amide bonds. The molecule has 0 bridgehead atoms. The van der Waals surface area contributed by atoms with Crippen molar-refractivity contribution >= 4 is 5.91 Å². The Bertz CT molecular complexity index is 294. The first-order valence-corrected chi connectivity index (χ1v) is 7.54. The lowest BCUT2D eigenvalue weighted by atomic mass is 9.89. The van der Waals surface area contributed by atoms with Crippen LogP contribution in [0.4, 0.5) is 0 Å². The van der Waals surface area contributed by atoms with Crippen molar-refractivity contribution in [3.63, 3.8) is 0 Å². The van der Waals surface area contributed by atoms with Crippen molar-refractivity contribution in [2.45, 2.75) is 71.6 Å². The van der Waals surface area contributed by atoms with Crippen molar-refractivity contribution in [3.8, 4) is 0 Å². The second-order valence-corrected chi connectivity index (χ2v) is 6.37. The van der Waals surface area contributed by atoms with Crippen LogP contribution in [-0.2, 0) is 9.53 Å². The van der Waals surface area contributed by atoms with Gasteiger partial charge in [-0.3, -0.25) is 4.79 Å². The first-order valence-electron chi connectivity index (χ1n) is 7.54. The van der Waals surface area contributed by atoms with Gasteiger partial charge in [0.1, 0.15) is 0 Å². The zero-order valence-corrected chi connectivity index (χ0v) is 13.1. The van der Waals surface area contributed by atoms with Crippen molar-refractivity contribution in [3.05, 3.63) is 0 Å².